The van der Waals surface area contributed by atoms with Crippen LogP contribution in [0.2, 0.25) is 8.67 Å². The summed E-state index contributed by atoms with van der Waals surface area (Å²) in [4.78, 5) is 14.1. The predicted molar refractivity (Wildman–Crippen MR) is 81.2 cm³/mol. The molecule has 0 radical (unpaired) electrons. The number of amides is 1. The van der Waals surface area contributed by atoms with Gasteiger partial charge in [-0.05, 0) is 38.3 Å². The molecule has 0 aromatic carbocycles. The van der Waals surface area contributed by atoms with Crippen LogP contribution in [0.5, 0.6) is 0 Å². The number of nitrogens with zero attached hydrogens (tertiary/aromatic N) is 1. The maximum absolute atomic E-state index is 12.2. The van der Waals surface area contributed by atoms with Gasteiger partial charge in [-0.15, -0.1) is 11.3 Å². The fraction of sp³-hybridized carbons (Fsp3) is 0.615. The first-order valence-electron chi connectivity index (χ1n) is 6.48. The lowest BCUT2D eigenvalue weighted by Crippen LogP contribution is -2.44. The summed E-state index contributed by atoms with van der Waals surface area (Å²) in [7, 11) is 0. The van der Waals surface area contributed by atoms with Gasteiger partial charge < -0.3 is 4.90 Å². The summed E-state index contributed by atoms with van der Waals surface area (Å²) in [5, 5.41) is 3.30. The van der Waals surface area contributed by atoms with Crippen LogP contribution in [0, 0.1) is 0 Å². The molecule has 106 valence electrons. The number of halogens is 2. The number of hydrogen-bond acceptors (Lipinski definition) is 3. The highest BCUT2D eigenvalue weighted by Gasteiger charge is 2.25. The molecule has 0 aliphatic carbocycles. The predicted octanol–water partition coefficient (Wildman–Crippen LogP) is 3.72. The van der Waals surface area contributed by atoms with Gasteiger partial charge in [0.05, 0.1) is 14.7 Å². The van der Waals surface area contributed by atoms with Crippen LogP contribution in [0.15, 0.2) is 6.07 Å². The number of rotatable bonds is 4. The van der Waals surface area contributed by atoms with E-state index in [2.05, 4.69) is 5.32 Å². The lowest BCUT2D eigenvalue weighted by molar-refractivity contribution is -0.132. The largest absolute Gasteiger partial charge is 0.341 e. The molecule has 0 spiro atoms. The van der Waals surface area contributed by atoms with Crippen LogP contribution in [0.4, 0.5) is 0 Å². The quantitative estimate of drug-likeness (QED) is 0.917. The van der Waals surface area contributed by atoms with Crippen LogP contribution in [0.1, 0.15) is 38.3 Å². The second kappa shape index (κ2) is 6.44. The van der Waals surface area contributed by atoms with Crippen molar-refractivity contribution in [3.05, 3.63) is 20.3 Å². The minimum absolute atomic E-state index is 0.0119. The molecule has 1 N–H and O–H groups in total. The molecular weight excluding hydrogens is 303 g/mol. The Bertz CT molecular complexity index is 457. The van der Waals surface area contributed by atoms with E-state index >= 15 is 0 Å². The number of likely N-dealkylation sites (tertiary alicyclic amines) is 1. The number of thiophene rings is 1. The second-order valence-corrected chi connectivity index (χ2v) is 7.21. The first-order valence-corrected chi connectivity index (χ1v) is 8.06. The van der Waals surface area contributed by atoms with Gasteiger partial charge in [-0.1, -0.05) is 23.2 Å². The molecule has 2 unspecified atom stereocenters. The van der Waals surface area contributed by atoms with Crippen LogP contribution >= 0.6 is 34.5 Å². The highest BCUT2D eigenvalue weighted by atomic mass is 35.5. The minimum atomic E-state index is -0.206. The van der Waals surface area contributed by atoms with Crippen molar-refractivity contribution in [2.45, 2.75) is 38.8 Å². The number of carbonyl (C=O) groups is 1. The lowest BCUT2D eigenvalue weighted by Gasteiger charge is -2.24. The third-order valence-corrected chi connectivity index (χ3v) is 4.96. The highest BCUT2D eigenvalue weighted by Crippen LogP contribution is 2.35. The molecule has 1 aliphatic heterocycles. The van der Waals surface area contributed by atoms with E-state index in [9.17, 15) is 4.79 Å². The van der Waals surface area contributed by atoms with Crippen LogP contribution in [0.25, 0.3) is 0 Å². The smallest absolute Gasteiger partial charge is 0.239 e. The summed E-state index contributed by atoms with van der Waals surface area (Å²) in [6.07, 6.45) is 2.22. The molecule has 19 heavy (non-hydrogen) atoms. The SMILES string of the molecule is CC(NC(C)c1cc(Cl)sc1Cl)C(=O)N1CCCC1. The summed E-state index contributed by atoms with van der Waals surface area (Å²) in [5.74, 6) is 0.168. The molecule has 2 atom stereocenters. The van der Waals surface area contributed by atoms with Crippen LogP contribution in [-0.4, -0.2) is 29.9 Å². The molecule has 1 aliphatic rings. The summed E-state index contributed by atoms with van der Waals surface area (Å²) >= 11 is 13.4. The fourth-order valence-corrected chi connectivity index (χ4v) is 4.04. The molecule has 1 amide bonds. The monoisotopic (exact) mass is 320 g/mol. The zero-order chi connectivity index (χ0) is 14.0. The first-order chi connectivity index (χ1) is 8.99. The molecule has 0 saturated carbocycles. The van der Waals surface area contributed by atoms with Crippen molar-refractivity contribution >= 4 is 40.4 Å². The second-order valence-electron chi connectivity index (χ2n) is 4.92. The van der Waals surface area contributed by atoms with Gasteiger partial charge in [0.1, 0.15) is 0 Å². The average Bonchev–Trinajstić information content (AvgIpc) is 2.97. The molecule has 3 nitrogen and oxygen atoms in total. The van der Waals surface area contributed by atoms with Gasteiger partial charge >= 0.3 is 0 Å². The number of hydrogen-bond donors (Lipinski definition) is 1. The number of carbonyl (C=O) groups excluding carboxylic acids is 1. The molecule has 1 saturated heterocycles. The van der Waals surface area contributed by atoms with Crippen molar-refractivity contribution in [3.63, 3.8) is 0 Å². The normalized spacial score (nSPS) is 18.6. The van der Waals surface area contributed by atoms with E-state index in [1.54, 1.807) is 0 Å². The van der Waals surface area contributed by atoms with E-state index in [4.69, 9.17) is 23.2 Å². The standard InChI is InChI=1S/C13H18Cl2N2OS/c1-8(10-7-11(14)19-12(10)15)16-9(2)13(18)17-5-3-4-6-17/h7-9,16H,3-6H2,1-2H3. The summed E-state index contributed by atoms with van der Waals surface area (Å²) in [6, 6.07) is 1.67. The summed E-state index contributed by atoms with van der Waals surface area (Å²) in [6.45, 7) is 5.66. The maximum atomic E-state index is 12.2. The third-order valence-electron chi connectivity index (χ3n) is 3.44. The molecule has 1 aromatic heterocycles. The Morgan fingerprint density at radius 1 is 1.37 bits per heavy atom. The first kappa shape index (κ1) is 15.1. The zero-order valence-corrected chi connectivity index (χ0v) is 13.4. The van der Waals surface area contributed by atoms with E-state index in [1.165, 1.54) is 11.3 Å². The molecule has 6 heteroatoms. The molecular formula is C13H18Cl2N2OS. The Balaban J connectivity index is 1.96. The fourth-order valence-electron chi connectivity index (χ4n) is 2.40. The average molecular weight is 321 g/mol. The molecule has 2 rings (SSSR count). The minimum Gasteiger partial charge on any atom is -0.341 e. The van der Waals surface area contributed by atoms with Crippen molar-refractivity contribution in [1.29, 1.82) is 0 Å². The molecule has 1 aromatic rings. The van der Waals surface area contributed by atoms with Gasteiger partial charge in [0.25, 0.3) is 0 Å². The van der Waals surface area contributed by atoms with Gasteiger partial charge in [-0.2, -0.15) is 0 Å². The van der Waals surface area contributed by atoms with Gasteiger partial charge in [0, 0.05) is 19.1 Å². The van der Waals surface area contributed by atoms with Gasteiger partial charge in [0.2, 0.25) is 5.91 Å². The zero-order valence-electron chi connectivity index (χ0n) is 11.1. The Labute approximate surface area is 127 Å². The lowest BCUT2D eigenvalue weighted by atomic mass is 10.1. The number of nitrogens with one attached hydrogen (secondary N) is 1. The summed E-state index contributed by atoms with van der Waals surface area (Å²) < 4.78 is 1.36. The van der Waals surface area contributed by atoms with Crippen LogP contribution in [0.3, 0.4) is 0 Å². The Morgan fingerprint density at radius 2 is 2.00 bits per heavy atom. The van der Waals surface area contributed by atoms with Crippen molar-refractivity contribution in [3.8, 4) is 0 Å². The molecule has 0 bridgehead atoms. The van der Waals surface area contributed by atoms with E-state index in [1.807, 2.05) is 24.8 Å². The van der Waals surface area contributed by atoms with E-state index in [0.29, 0.717) is 8.67 Å². The van der Waals surface area contributed by atoms with Gasteiger partial charge in [-0.3, -0.25) is 10.1 Å². The van der Waals surface area contributed by atoms with Crippen molar-refractivity contribution in [2.75, 3.05) is 13.1 Å². The van der Waals surface area contributed by atoms with Crippen LogP contribution < -0.4 is 5.32 Å². The highest BCUT2D eigenvalue weighted by molar-refractivity contribution is 7.20. The van der Waals surface area contributed by atoms with E-state index in [0.717, 1.165) is 31.5 Å². The van der Waals surface area contributed by atoms with Gasteiger partial charge in [0.15, 0.2) is 0 Å². The Morgan fingerprint density at radius 3 is 2.53 bits per heavy atom. The van der Waals surface area contributed by atoms with Crippen molar-refractivity contribution in [1.82, 2.24) is 10.2 Å². The molecule has 1 fully saturated rings. The van der Waals surface area contributed by atoms with Crippen molar-refractivity contribution < 1.29 is 4.79 Å². The van der Waals surface area contributed by atoms with Gasteiger partial charge in [-0.25, -0.2) is 0 Å². The third kappa shape index (κ3) is 3.63. The van der Waals surface area contributed by atoms with E-state index in [-0.39, 0.29) is 18.0 Å². The Hall–Kier alpha value is -0.290. The van der Waals surface area contributed by atoms with E-state index < -0.39 is 0 Å². The molecule has 2 heterocycles. The maximum Gasteiger partial charge on any atom is 0.239 e. The van der Waals surface area contributed by atoms with Crippen molar-refractivity contribution in [2.24, 2.45) is 0 Å². The topological polar surface area (TPSA) is 32.3 Å². The summed E-state index contributed by atoms with van der Waals surface area (Å²) in [5.41, 5.74) is 0.956. The Kier molecular flexibility index (Phi) is 5.12. The van der Waals surface area contributed by atoms with Crippen LogP contribution in [-0.2, 0) is 4.79 Å².